The normalized spacial score (nSPS) is 15.5. The van der Waals surface area contributed by atoms with Gasteiger partial charge >= 0.3 is 0 Å². The summed E-state index contributed by atoms with van der Waals surface area (Å²) in [6, 6.07) is 16.4. The third-order valence-electron chi connectivity index (χ3n) is 5.09. The second kappa shape index (κ2) is 9.56. The average Bonchev–Trinajstić information content (AvgIpc) is 3.19. The first-order chi connectivity index (χ1) is 13.2. The topological polar surface area (TPSA) is 41.6 Å². The highest BCUT2D eigenvalue weighted by molar-refractivity contribution is 5.80. The molecule has 0 radical (unpaired) electrons. The van der Waals surface area contributed by atoms with Crippen molar-refractivity contribution in [3.05, 3.63) is 65.2 Å². The van der Waals surface area contributed by atoms with E-state index in [0.717, 1.165) is 29.8 Å². The number of nitrogens with one attached hydrogen (secondary N) is 1. The predicted octanol–water partition coefficient (Wildman–Crippen LogP) is 3.93. The molecule has 0 spiro atoms. The Hall–Kier alpha value is -2.33. The van der Waals surface area contributed by atoms with Crippen LogP contribution in [0.2, 0.25) is 0 Å². The predicted molar refractivity (Wildman–Crippen MR) is 109 cm³/mol. The average molecular weight is 367 g/mol. The maximum atomic E-state index is 12.4. The minimum atomic E-state index is -0.523. The van der Waals surface area contributed by atoms with Crippen molar-refractivity contribution in [2.45, 2.75) is 52.3 Å². The zero-order chi connectivity index (χ0) is 19.1. The first-order valence-corrected chi connectivity index (χ1v) is 9.98. The van der Waals surface area contributed by atoms with Crippen LogP contribution in [0.5, 0.6) is 5.75 Å². The van der Waals surface area contributed by atoms with Crippen molar-refractivity contribution in [1.29, 1.82) is 0 Å². The Labute approximate surface area is 162 Å². The van der Waals surface area contributed by atoms with Gasteiger partial charge < -0.3 is 10.1 Å². The Morgan fingerprint density at radius 2 is 1.85 bits per heavy atom. The van der Waals surface area contributed by atoms with Crippen LogP contribution in [0.25, 0.3) is 0 Å². The summed E-state index contributed by atoms with van der Waals surface area (Å²) in [6.45, 7) is 7.78. The van der Waals surface area contributed by atoms with Gasteiger partial charge in [0.25, 0.3) is 5.91 Å². The fourth-order valence-electron chi connectivity index (χ4n) is 3.52. The van der Waals surface area contributed by atoms with Crippen molar-refractivity contribution >= 4 is 5.91 Å². The second-order valence-corrected chi connectivity index (χ2v) is 7.24. The van der Waals surface area contributed by atoms with E-state index in [4.69, 9.17) is 4.74 Å². The fraction of sp³-hybridized carbons (Fsp3) is 0.435. The lowest BCUT2D eigenvalue weighted by atomic mass is 10.1. The van der Waals surface area contributed by atoms with E-state index in [1.165, 1.54) is 31.5 Å². The van der Waals surface area contributed by atoms with Crippen molar-refractivity contribution < 1.29 is 9.53 Å². The number of rotatable bonds is 8. The molecular formula is C23H30N2O2. The maximum Gasteiger partial charge on any atom is 0.261 e. The van der Waals surface area contributed by atoms with Crippen molar-refractivity contribution in [2.75, 3.05) is 13.1 Å². The number of para-hydroxylation sites is 1. The van der Waals surface area contributed by atoms with Gasteiger partial charge in [0.15, 0.2) is 6.10 Å². The lowest BCUT2D eigenvalue weighted by molar-refractivity contribution is -0.127. The molecule has 0 unspecified atom stereocenters. The number of carbonyl (C=O) groups excluding carboxylic acids is 1. The van der Waals surface area contributed by atoms with E-state index in [1.54, 1.807) is 6.92 Å². The molecule has 0 bridgehead atoms. The number of carbonyl (C=O) groups is 1. The smallest absolute Gasteiger partial charge is 0.261 e. The summed E-state index contributed by atoms with van der Waals surface area (Å²) < 4.78 is 5.88. The molecule has 1 aliphatic heterocycles. The van der Waals surface area contributed by atoms with E-state index in [0.29, 0.717) is 6.54 Å². The Bertz CT molecular complexity index is 754. The Morgan fingerprint density at radius 3 is 2.63 bits per heavy atom. The number of hydrogen-bond acceptors (Lipinski definition) is 3. The summed E-state index contributed by atoms with van der Waals surface area (Å²) in [4.78, 5) is 14.9. The van der Waals surface area contributed by atoms with E-state index in [2.05, 4.69) is 41.4 Å². The van der Waals surface area contributed by atoms with E-state index >= 15 is 0 Å². The van der Waals surface area contributed by atoms with E-state index in [1.807, 2.05) is 24.3 Å². The van der Waals surface area contributed by atoms with Gasteiger partial charge in [-0.25, -0.2) is 0 Å². The number of amides is 1. The fourth-order valence-corrected chi connectivity index (χ4v) is 3.52. The van der Waals surface area contributed by atoms with Gasteiger partial charge in [-0.3, -0.25) is 9.69 Å². The molecule has 0 aromatic heterocycles. The molecule has 2 aromatic rings. The van der Waals surface area contributed by atoms with Crippen LogP contribution in [-0.4, -0.2) is 30.0 Å². The molecule has 1 saturated heterocycles. The summed E-state index contributed by atoms with van der Waals surface area (Å²) in [5.74, 6) is 0.695. The first kappa shape index (κ1) is 19.4. The van der Waals surface area contributed by atoms with Crippen LogP contribution in [0.1, 0.15) is 43.4 Å². The molecule has 2 aromatic carbocycles. The molecule has 3 rings (SSSR count). The van der Waals surface area contributed by atoms with Gasteiger partial charge in [0, 0.05) is 13.1 Å². The summed E-state index contributed by atoms with van der Waals surface area (Å²) in [6.07, 6.45) is 2.96. The summed E-state index contributed by atoms with van der Waals surface area (Å²) >= 11 is 0. The molecule has 1 fully saturated rings. The van der Waals surface area contributed by atoms with E-state index in [-0.39, 0.29) is 5.91 Å². The van der Waals surface area contributed by atoms with E-state index in [9.17, 15) is 4.79 Å². The van der Waals surface area contributed by atoms with Crippen LogP contribution in [-0.2, 0) is 24.3 Å². The number of ether oxygens (including phenoxy) is 1. The van der Waals surface area contributed by atoms with Crippen LogP contribution in [0, 0.1) is 0 Å². The van der Waals surface area contributed by atoms with Gasteiger partial charge in [-0.05, 0) is 62.0 Å². The van der Waals surface area contributed by atoms with Gasteiger partial charge in [-0.1, -0.05) is 49.4 Å². The third-order valence-corrected chi connectivity index (χ3v) is 5.09. The highest BCUT2D eigenvalue weighted by Crippen LogP contribution is 2.20. The second-order valence-electron chi connectivity index (χ2n) is 7.24. The number of nitrogens with zero attached hydrogens (tertiary/aromatic N) is 1. The minimum Gasteiger partial charge on any atom is -0.481 e. The summed E-state index contributed by atoms with van der Waals surface area (Å²) in [5.41, 5.74) is 3.55. The van der Waals surface area contributed by atoms with Gasteiger partial charge in [-0.2, -0.15) is 0 Å². The third kappa shape index (κ3) is 5.57. The van der Waals surface area contributed by atoms with Crippen LogP contribution in [0.4, 0.5) is 0 Å². The van der Waals surface area contributed by atoms with Crippen LogP contribution in [0.3, 0.4) is 0 Å². The van der Waals surface area contributed by atoms with Gasteiger partial charge in [0.2, 0.25) is 0 Å². The Morgan fingerprint density at radius 1 is 1.11 bits per heavy atom. The van der Waals surface area contributed by atoms with Crippen molar-refractivity contribution in [2.24, 2.45) is 0 Å². The highest BCUT2D eigenvalue weighted by atomic mass is 16.5. The Balaban J connectivity index is 1.52. The maximum absolute atomic E-state index is 12.4. The number of hydrogen-bond donors (Lipinski definition) is 1. The molecule has 1 heterocycles. The molecule has 1 atom stereocenters. The molecule has 4 nitrogen and oxygen atoms in total. The van der Waals surface area contributed by atoms with Crippen LogP contribution in [0.15, 0.2) is 48.5 Å². The lowest BCUT2D eigenvalue weighted by Gasteiger charge is -2.17. The molecule has 1 N–H and O–H groups in total. The van der Waals surface area contributed by atoms with Crippen LogP contribution >= 0.6 is 0 Å². The molecule has 144 valence electrons. The zero-order valence-electron chi connectivity index (χ0n) is 16.4. The molecule has 1 amide bonds. The van der Waals surface area contributed by atoms with Crippen molar-refractivity contribution in [3.8, 4) is 5.75 Å². The molecule has 4 heteroatoms. The molecule has 27 heavy (non-hydrogen) atoms. The Kier molecular flexibility index (Phi) is 6.88. The minimum absolute atomic E-state index is 0.0918. The first-order valence-electron chi connectivity index (χ1n) is 9.98. The number of likely N-dealkylation sites (tertiary alicyclic amines) is 1. The summed E-state index contributed by atoms with van der Waals surface area (Å²) in [7, 11) is 0. The number of aryl methyl sites for hydroxylation is 1. The van der Waals surface area contributed by atoms with Crippen molar-refractivity contribution in [1.82, 2.24) is 10.2 Å². The number of benzene rings is 2. The molecular weight excluding hydrogens is 336 g/mol. The monoisotopic (exact) mass is 366 g/mol. The lowest BCUT2D eigenvalue weighted by Crippen LogP contribution is -2.36. The van der Waals surface area contributed by atoms with Gasteiger partial charge in [-0.15, -0.1) is 0 Å². The van der Waals surface area contributed by atoms with Gasteiger partial charge in [0.05, 0.1) is 0 Å². The SMILES string of the molecule is CCc1ccccc1O[C@H](C)C(=O)NCc1cccc(CN2CCCC2)c1. The van der Waals surface area contributed by atoms with Crippen molar-refractivity contribution in [3.63, 3.8) is 0 Å². The highest BCUT2D eigenvalue weighted by Gasteiger charge is 2.16. The zero-order valence-corrected chi connectivity index (χ0v) is 16.4. The summed E-state index contributed by atoms with van der Waals surface area (Å²) in [5, 5.41) is 3.00. The van der Waals surface area contributed by atoms with E-state index < -0.39 is 6.10 Å². The quantitative estimate of drug-likeness (QED) is 0.770. The molecule has 0 saturated carbocycles. The van der Waals surface area contributed by atoms with Gasteiger partial charge in [0.1, 0.15) is 5.75 Å². The largest absolute Gasteiger partial charge is 0.481 e. The standard InChI is InChI=1S/C23H30N2O2/c1-3-21-11-4-5-12-22(21)27-18(2)23(26)24-16-19-9-8-10-20(15-19)17-25-13-6-7-14-25/h4-5,8-12,15,18H,3,6-7,13-14,16-17H2,1-2H3,(H,24,26)/t18-/m1/s1. The molecule has 0 aliphatic carbocycles. The van der Waals surface area contributed by atoms with Crippen LogP contribution < -0.4 is 10.1 Å². The molecule has 1 aliphatic rings.